The third-order valence-electron chi connectivity index (χ3n) is 4.61. The van der Waals surface area contributed by atoms with Gasteiger partial charge < -0.3 is 15.8 Å². The standard InChI is InChI=1S/C20H23N3O5S/c21-18(24)14-28-17-8-6-16(7-9-17)22-20(25)19(15-4-2-1-3-5-15)23-10-12-29(26,27)13-11-23/h1-9,19H,10-14H2,(H2,21,24)(H,22,25). The highest BCUT2D eigenvalue weighted by molar-refractivity contribution is 7.91. The smallest absolute Gasteiger partial charge is 0.255 e. The topological polar surface area (TPSA) is 119 Å². The molecule has 1 saturated heterocycles. The van der Waals surface area contributed by atoms with Crippen molar-refractivity contribution in [1.29, 1.82) is 0 Å². The highest BCUT2D eigenvalue weighted by Crippen LogP contribution is 2.25. The van der Waals surface area contributed by atoms with E-state index in [0.717, 1.165) is 5.56 Å². The van der Waals surface area contributed by atoms with Gasteiger partial charge in [0.05, 0.1) is 11.5 Å². The van der Waals surface area contributed by atoms with Crippen LogP contribution in [0.3, 0.4) is 0 Å². The quantitative estimate of drug-likeness (QED) is 0.693. The van der Waals surface area contributed by atoms with Crippen molar-refractivity contribution in [2.24, 2.45) is 5.73 Å². The molecule has 8 nitrogen and oxygen atoms in total. The maximum atomic E-state index is 13.1. The van der Waals surface area contributed by atoms with Gasteiger partial charge in [-0.1, -0.05) is 30.3 Å². The Bertz CT molecular complexity index is 947. The van der Waals surface area contributed by atoms with Gasteiger partial charge in [-0.2, -0.15) is 0 Å². The molecule has 0 bridgehead atoms. The zero-order valence-electron chi connectivity index (χ0n) is 15.8. The van der Waals surface area contributed by atoms with Crippen LogP contribution in [0.15, 0.2) is 54.6 Å². The predicted molar refractivity (Wildman–Crippen MR) is 109 cm³/mol. The average molecular weight is 417 g/mol. The molecule has 1 aliphatic rings. The largest absolute Gasteiger partial charge is 0.484 e. The highest BCUT2D eigenvalue weighted by atomic mass is 32.2. The van der Waals surface area contributed by atoms with E-state index in [1.54, 1.807) is 24.3 Å². The first-order chi connectivity index (χ1) is 13.8. The van der Waals surface area contributed by atoms with E-state index < -0.39 is 21.8 Å². The molecule has 0 saturated carbocycles. The van der Waals surface area contributed by atoms with E-state index in [4.69, 9.17) is 10.5 Å². The number of benzene rings is 2. The number of ether oxygens (including phenoxy) is 1. The van der Waals surface area contributed by atoms with Crippen molar-refractivity contribution in [2.45, 2.75) is 6.04 Å². The molecular formula is C20H23N3O5S. The summed E-state index contributed by atoms with van der Waals surface area (Å²) in [4.78, 5) is 25.7. The molecule has 3 rings (SSSR count). The van der Waals surface area contributed by atoms with Crippen molar-refractivity contribution in [1.82, 2.24) is 4.90 Å². The van der Waals surface area contributed by atoms with Crippen LogP contribution in [0, 0.1) is 0 Å². The van der Waals surface area contributed by atoms with Crippen LogP contribution in [0.2, 0.25) is 0 Å². The van der Waals surface area contributed by atoms with Crippen LogP contribution in [0.25, 0.3) is 0 Å². The molecule has 2 amide bonds. The normalized spacial score (nSPS) is 17.2. The molecule has 0 aliphatic carbocycles. The van der Waals surface area contributed by atoms with Crippen LogP contribution in [0.5, 0.6) is 5.75 Å². The summed E-state index contributed by atoms with van der Waals surface area (Å²) >= 11 is 0. The third-order valence-corrected chi connectivity index (χ3v) is 6.22. The third kappa shape index (κ3) is 5.78. The van der Waals surface area contributed by atoms with Crippen LogP contribution in [-0.2, 0) is 19.4 Å². The Hall–Kier alpha value is -2.91. The minimum atomic E-state index is -3.05. The number of carbonyl (C=O) groups is 2. The summed E-state index contributed by atoms with van der Waals surface area (Å²) in [6.07, 6.45) is 0. The zero-order valence-corrected chi connectivity index (χ0v) is 16.6. The number of amides is 2. The number of nitrogens with two attached hydrogens (primary N) is 1. The fourth-order valence-corrected chi connectivity index (χ4v) is 4.38. The molecule has 154 valence electrons. The lowest BCUT2D eigenvalue weighted by atomic mass is 10.0. The second kappa shape index (κ2) is 9.06. The zero-order chi connectivity index (χ0) is 20.9. The summed E-state index contributed by atoms with van der Waals surface area (Å²) in [5.41, 5.74) is 6.41. The minimum absolute atomic E-state index is 0.0372. The van der Waals surface area contributed by atoms with Gasteiger partial charge in [-0.05, 0) is 29.8 Å². The van der Waals surface area contributed by atoms with Gasteiger partial charge in [0.1, 0.15) is 11.8 Å². The van der Waals surface area contributed by atoms with Gasteiger partial charge in [0.2, 0.25) is 5.91 Å². The molecule has 1 aliphatic heterocycles. The number of hydrogen-bond acceptors (Lipinski definition) is 6. The Kier molecular flexibility index (Phi) is 6.50. The lowest BCUT2D eigenvalue weighted by molar-refractivity contribution is -0.121. The van der Waals surface area contributed by atoms with Crippen LogP contribution >= 0.6 is 0 Å². The Morgan fingerprint density at radius 1 is 1.03 bits per heavy atom. The monoisotopic (exact) mass is 417 g/mol. The molecule has 29 heavy (non-hydrogen) atoms. The van der Waals surface area contributed by atoms with Crippen molar-refractivity contribution < 1.29 is 22.7 Å². The fourth-order valence-electron chi connectivity index (χ4n) is 3.15. The molecule has 9 heteroatoms. The molecule has 1 unspecified atom stereocenters. The molecule has 2 aromatic rings. The van der Waals surface area contributed by atoms with E-state index in [0.29, 0.717) is 24.5 Å². The number of nitrogens with zero attached hydrogens (tertiary/aromatic N) is 1. The van der Waals surface area contributed by atoms with Gasteiger partial charge >= 0.3 is 0 Å². The summed E-state index contributed by atoms with van der Waals surface area (Å²) in [5.74, 6) is -0.286. The summed E-state index contributed by atoms with van der Waals surface area (Å²) in [6.45, 7) is 0.379. The molecule has 1 atom stereocenters. The number of carbonyl (C=O) groups excluding carboxylic acids is 2. The van der Waals surface area contributed by atoms with Crippen LogP contribution in [0.4, 0.5) is 5.69 Å². The first kappa shape index (κ1) is 20.8. The lowest BCUT2D eigenvalue weighted by Crippen LogP contribution is -2.46. The number of nitrogens with one attached hydrogen (secondary N) is 1. The number of sulfone groups is 1. The number of primary amides is 1. The molecule has 0 radical (unpaired) electrons. The van der Waals surface area contributed by atoms with E-state index in [2.05, 4.69) is 5.32 Å². The van der Waals surface area contributed by atoms with E-state index in [-0.39, 0.29) is 24.0 Å². The minimum Gasteiger partial charge on any atom is -0.484 e. The van der Waals surface area contributed by atoms with Crippen molar-refractivity contribution in [3.05, 3.63) is 60.2 Å². The number of rotatable bonds is 7. The van der Waals surface area contributed by atoms with Crippen molar-refractivity contribution >= 4 is 27.3 Å². The second-order valence-corrected chi connectivity index (χ2v) is 9.07. The highest BCUT2D eigenvalue weighted by Gasteiger charge is 2.32. The number of anilines is 1. The van der Waals surface area contributed by atoms with E-state index >= 15 is 0 Å². The maximum Gasteiger partial charge on any atom is 0.255 e. The summed E-state index contributed by atoms with van der Waals surface area (Å²) in [6, 6.07) is 15.3. The van der Waals surface area contributed by atoms with Crippen molar-refractivity contribution in [3.63, 3.8) is 0 Å². The summed E-state index contributed by atoms with van der Waals surface area (Å²) in [5, 5.41) is 2.87. The Labute approximate surface area is 169 Å². The van der Waals surface area contributed by atoms with Gasteiger partial charge in [0.15, 0.2) is 16.4 Å². The Balaban J connectivity index is 1.74. The molecule has 1 fully saturated rings. The first-order valence-electron chi connectivity index (χ1n) is 9.15. The SMILES string of the molecule is NC(=O)COc1ccc(NC(=O)C(c2ccccc2)N2CCS(=O)(=O)CC2)cc1. The predicted octanol–water partition coefficient (Wildman–Crippen LogP) is 0.961. The summed E-state index contributed by atoms with van der Waals surface area (Å²) < 4.78 is 28.8. The van der Waals surface area contributed by atoms with Gasteiger partial charge in [-0.15, -0.1) is 0 Å². The van der Waals surface area contributed by atoms with Gasteiger partial charge in [0.25, 0.3) is 5.91 Å². The van der Waals surface area contributed by atoms with E-state index in [1.165, 1.54) is 0 Å². The molecular weight excluding hydrogens is 394 g/mol. The van der Waals surface area contributed by atoms with Gasteiger partial charge in [-0.25, -0.2) is 8.42 Å². The Morgan fingerprint density at radius 3 is 2.24 bits per heavy atom. The van der Waals surface area contributed by atoms with Crippen LogP contribution in [0.1, 0.15) is 11.6 Å². The van der Waals surface area contributed by atoms with Gasteiger partial charge in [-0.3, -0.25) is 14.5 Å². The molecule has 0 spiro atoms. The molecule has 1 heterocycles. The lowest BCUT2D eigenvalue weighted by Gasteiger charge is -2.33. The van der Waals surface area contributed by atoms with E-state index in [1.807, 2.05) is 35.2 Å². The van der Waals surface area contributed by atoms with Crippen LogP contribution < -0.4 is 15.8 Å². The van der Waals surface area contributed by atoms with Crippen molar-refractivity contribution in [3.8, 4) is 5.75 Å². The fraction of sp³-hybridized carbons (Fsp3) is 0.300. The second-order valence-electron chi connectivity index (χ2n) is 6.77. The van der Waals surface area contributed by atoms with Crippen LogP contribution in [-0.4, -0.2) is 56.3 Å². The van der Waals surface area contributed by atoms with Crippen molar-refractivity contribution in [2.75, 3.05) is 36.5 Å². The molecule has 0 aromatic heterocycles. The van der Waals surface area contributed by atoms with E-state index in [9.17, 15) is 18.0 Å². The average Bonchev–Trinajstić information content (AvgIpc) is 2.70. The number of hydrogen-bond donors (Lipinski definition) is 2. The Morgan fingerprint density at radius 2 is 1.66 bits per heavy atom. The van der Waals surface area contributed by atoms with Gasteiger partial charge in [0, 0.05) is 18.8 Å². The first-order valence-corrected chi connectivity index (χ1v) is 11.0. The summed E-state index contributed by atoms with van der Waals surface area (Å²) in [7, 11) is -3.05. The maximum absolute atomic E-state index is 13.1. The molecule has 3 N–H and O–H groups in total. The molecule has 2 aromatic carbocycles.